The lowest BCUT2D eigenvalue weighted by molar-refractivity contribution is -0.126. The van der Waals surface area contributed by atoms with Crippen LogP contribution in [-0.4, -0.2) is 24.8 Å². The number of methoxy groups -OCH3 is 1. The van der Waals surface area contributed by atoms with Gasteiger partial charge in [-0.2, -0.15) is 0 Å². The first-order chi connectivity index (χ1) is 5.76. The summed E-state index contributed by atoms with van der Waals surface area (Å²) in [4.78, 5) is 0. The predicted octanol–water partition coefficient (Wildman–Crippen LogP) is 2.48. The second-order valence-electron chi connectivity index (χ2n) is 3.05. The van der Waals surface area contributed by atoms with E-state index in [0.717, 1.165) is 18.2 Å². The van der Waals surface area contributed by atoms with E-state index in [1.165, 1.54) is 5.57 Å². The molecule has 0 aromatic heterocycles. The standard InChI is InChI=1S/C9H15BrO2/c1-7-3-4-8(5-7)12-9(6-10)11-2/h5,8-9H,3-4,6H2,1-2H3. The van der Waals surface area contributed by atoms with Crippen molar-refractivity contribution in [3.63, 3.8) is 0 Å². The first-order valence-corrected chi connectivity index (χ1v) is 5.30. The van der Waals surface area contributed by atoms with Gasteiger partial charge in [0.1, 0.15) is 0 Å². The van der Waals surface area contributed by atoms with Crippen molar-refractivity contribution < 1.29 is 9.47 Å². The molecular formula is C9H15BrO2. The number of hydrogen-bond acceptors (Lipinski definition) is 2. The topological polar surface area (TPSA) is 18.5 Å². The van der Waals surface area contributed by atoms with Gasteiger partial charge in [0.05, 0.1) is 11.4 Å². The molecule has 1 aliphatic rings. The summed E-state index contributed by atoms with van der Waals surface area (Å²) in [5, 5.41) is 0.729. The van der Waals surface area contributed by atoms with Gasteiger partial charge >= 0.3 is 0 Å². The Hall–Kier alpha value is 0.140. The summed E-state index contributed by atoms with van der Waals surface area (Å²) in [6.45, 7) is 2.14. The van der Waals surface area contributed by atoms with E-state index in [1.807, 2.05) is 0 Å². The van der Waals surface area contributed by atoms with Crippen molar-refractivity contribution in [1.82, 2.24) is 0 Å². The molecule has 0 aromatic carbocycles. The van der Waals surface area contributed by atoms with Crippen LogP contribution in [0.4, 0.5) is 0 Å². The zero-order valence-corrected chi connectivity index (χ0v) is 9.13. The summed E-state index contributed by atoms with van der Waals surface area (Å²) in [6.07, 6.45) is 4.57. The van der Waals surface area contributed by atoms with Gasteiger partial charge in [0, 0.05) is 7.11 Å². The number of allylic oxidation sites excluding steroid dienone is 1. The van der Waals surface area contributed by atoms with Gasteiger partial charge in [-0.25, -0.2) is 0 Å². The summed E-state index contributed by atoms with van der Waals surface area (Å²) in [5.41, 5.74) is 1.42. The lowest BCUT2D eigenvalue weighted by Gasteiger charge is -2.17. The molecule has 70 valence electrons. The minimum absolute atomic E-state index is 0.114. The zero-order valence-electron chi connectivity index (χ0n) is 7.55. The first-order valence-electron chi connectivity index (χ1n) is 4.17. The molecule has 2 unspecified atom stereocenters. The molecule has 0 saturated carbocycles. The largest absolute Gasteiger partial charge is 0.355 e. The maximum absolute atomic E-state index is 5.63. The molecule has 1 aliphatic carbocycles. The molecule has 0 N–H and O–H groups in total. The average Bonchev–Trinajstić information content (AvgIpc) is 2.47. The Labute approximate surface area is 82.1 Å². The maximum Gasteiger partial charge on any atom is 0.167 e. The fourth-order valence-electron chi connectivity index (χ4n) is 1.31. The predicted molar refractivity (Wildman–Crippen MR) is 52.5 cm³/mol. The normalized spacial score (nSPS) is 25.6. The highest BCUT2D eigenvalue weighted by Gasteiger charge is 2.17. The van der Waals surface area contributed by atoms with E-state index in [2.05, 4.69) is 28.9 Å². The zero-order chi connectivity index (χ0) is 8.97. The molecule has 3 heteroatoms. The van der Waals surface area contributed by atoms with Crippen molar-refractivity contribution in [3.05, 3.63) is 11.6 Å². The highest BCUT2D eigenvalue weighted by atomic mass is 79.9. The molecule has 0 aromatic rings. The minimum Gasteiger partial charge on any atom is -0.355 e. The quantitative estimate of drug-likeness (QED) is 0.423. The van der Waals surface area contributed by atoms with Crippen LogP contribution in [0.15, 0.2) is 11.6 Å². The van der Waals surface area contributed by atoms with Gasteiger partial charge in [0.15, 0.2) is 6.29 Å². The van der Waals surface area contributed by atoms with Crippen LogP contribution >= 0.6 is 15.9 Å². The van der Waals surface area contributed by atoms with Gasteiger partial charge in [0.2, 0.25) is 0 Å². The Balaban J connectivity index is 2.31. The van der Waals surface area contributed by atoms with Gasteiger partial charge in [0.25, 0.3) is 0 Å². The fraction of sp³-hybridized carbons (Fsp3) is 0.778. The lowest BCUT2D eigenvalue weighted by atomic mass is 10.3. The Morgan fingerprint density at radius 3 is 2.92 bits per heavy atom. The van der Waals surface area contributed by atoms with Crippen LogP contribution in [0.5, 0.6) is 0 Å². The molecule has 1 rings (SSSR count). The van der Waals surface area contributed by atoms with Gasteiger partial charge in [-0.1, -0.05) is 27.6 Å². The molecule has 0 radical (unpaired) electrons. The molecular weight excluding hydrogens is 220 g/mol. The monoisotopic (exact) mass is 234 g/mol. The van der Waals surface area contributed by atoms with Crippen LogP contribution in [0.2, 0.25) is 0 Å². The van der Waals surface area contributed by atoms with Crippen molar-refractivity contribution in [2.45, 2.75) is 32.2 Å². The van der Waals surface area contributed by atoms with Crippen LogP contribution in [0, 0.1) is 0 Å². The summed E-state index contributed by atoms with van der Waals surface area (Å²) >= 11 is 3.33. The highest BCUT2D eigenvalue weighted by Crippen LogP contribution is 2.21. The lowest BCUT2D eigenvalue weighted by Crippen LogP contribution is -2.22. The summed E-state index contributed by atoms with van der Waals surface area (Å²) in [5.74, 6) is 0. The molecule has 2 atom stereocenters. The minimum atomic E-state index is -0.114. The molecule has 0 aliphatic heterocycles. The average molecular weight is 235 g/mol. The number of hydrogen-bond donors (Lipinski definition) is 0. The molecule has 0 heterocycles. The number of ether oxygens (including phenoxy) is 2. The van der Waals surface area contributed by atoms with Gasteiger partial charge in [-0.15, -0.1) is 0 Å². The molecule has 0 saturated heterocycles. The van der Waals surface area contributed by atoms with Crippen LogP contribution < -0.4 is 0 Å². The van der Waals surface area contributed by atoms with Crippen LogP contribution in [0.1, 0.15) is 19.8 Å². The van der Waals surface area contributed by atoms with Crippen molar-refractivity contribution in [1.29, 1.82) is 0 Å². The van der Waals surface area contributed by atoms with E-state index in [-0.39, 0.29) is 12.4 Å². The van der Waals surface area contributed by atoms with Crippen LogP contribution in [0.25, 0.3) is 0 Å². The van der Waals surface area contributed by atoms with Gasteiger partial charge in [-0.05, 0) is 19.8 Å². The van der Waals surface area contributed by atoms with E-state index in [4.69, 9.17) is 9.47 Å². The van der Waals surface area contributed by atoms with E-state index < -0.39 is 0 Å². The third-order valence-electron chi connectivity index (χ3n) is 2.01. The summed E-state index contributed by atoms with van der Waals surface area (Å²) in [6, 6.07) is 0. The Bertz CT molecular complexity index is 164. The van der Waals surface area contributed by atoms with Gasteiger partial charge in [-0.3, -0.25) is 0 Å². The number of halogens is 1. The Morgan fingerprint density at radius 1 is 1.75 bits per heavy atom. The Kier molecular flexibility index (Phi) is 4.26. The molecule has 0 amide bonds. The molecule has 12 heavy (non-hydrogen) atoms. The van der Waals surface area contributed by atoms with E-state index in [9.17, 15) is 0 Å². The van der Waals surface area contributed by atoms with Crippen molar-refractivity contribution >= 4 is 15.9 Å². The maximum atomic E-state index is 5.63. The number of alkyl halides is 1. The first kappa shape index (κ1) is 10.2. The van der Waals surface area contributed by atoms with Crippen LogP contribution in [-0.2, 0) is 9.47 Å². The molecule has 0 fully saturated rings. The summed E-state index contributed by atoms with van der Waals surface area (Å²) in [7, 11) is 1.66. The third kappa shape index (κ3) is 2.88. The van der Waals surface area contributed by atoms with Crippen molar-refractivity contribution in [2.24, 2.45) is 0 Å². The molecule has 0 bridgehead atoms. The SMILES string of the molecule is COC(CBr)OC1C=C(C)CC1. The van der Waals surface area contributed by atoms with E-state index in [0.29, 0.717) is 0 Å². The second-order valence-corrected chi connectivity index (χ2v) is 3.69. The smallest absolute Gasteiger partial charge is 0.167 e. The third-order valence-corrected chi connectivity index (χ3v) is 2.54. The Morgan fingerprint density at radius 2 is 2.50 bits per heavy atom. The van der Waals surface area contributed by atoms with Crippen molar-refractivity contribution in [2.75, 3.05) is 12.4 Å². The summed E-state index contributed by atoms with van der Waals surface area (Å²) < 4.78 is 10.7. The molecule has 2 nitrogen and oxygen atoms in total. The van der Waals surface area contributed by atoms with Gasteiger partial charge < -0.3 is 9.47 Å². The fourth-order valence-corrected chi connectivity index (χ4v) is 1.73. The highest BCUT2D eigenvalue weighted by molar-refractivity contribution is 9.09. The second kappa shape index (κ2) is 5.00. The van der Waals surface area contributed by atoms with E-state index in [1.54, 1.807) is 7.11 Å². The molecule has 0 spiro atoms. The number of rotatable bonds is 4. The van der Waals surface area contributed by atoms with Crippen LogP contribution in [0.3, 0.4) is 0 Å². The van der Waals surface area contributed by atoms with E-state index >= 15 is 0 Å². The van der Waals surface area contributed by atoms with Crippen molar-refractivity contribution in [3.8, 4) is 0 Å².